The summed E-state index contributed by atoms with van der Waals surface area (Å²) in [7, 11) is 0. The lowest BCUT2D eigenvalue weighted by Gasteiger charge is -2.17. The second-order valence-electron chi connectivity index (χ2n) is 4.64. The fraction of sp³-hybridized carbons (Fsp3) is 0.600. The van der Waals surface area contributed by atoms with Gasteiger partial charge in [0.15, 0.2) is 0 Å². The minimum atomic E-state index is 0.207. The monoisotopic (exact) mass is 237 g/mol. The fourth-order valence-electron chi connectivity index (χ4n) is 1.56. The molecule has 2 nitrogen and oxygen atoms in total. The molecule has 0 radical (unpaired) electrons. The average Bonchev–Trinajstić information content (AvgIpc) is 2.26. The van der Waals surface area contributed by atoms with Gasteiger partial charge in [0.05, 0.1) is 6.61 Å². The third kappa shape index (κ3) is 10.0. The van der Waals surface area contributed by atoms with Crippen molar-refractivity contribution in [3.05, 3.63) is 36.0 Å². The van der Waals surface area contributed by atoms with E-state index >= 15 is 0 Å². The van der Waals surface area contributed by atoms with Crippen molar-refractivity contribution >= 4 is 0 Å². The molecule has 1 N–H and O–H groups in total. The Kier molecular flexibility index (Phi) is 9.78. The molecule has 0 saturated heterocycles. The lowest BCUT2D eigenvalue weighted by atomic mass is 10.1. The van der Waals surface area contributed by atoms with Gasteiger partial charge in [0.2, 0.25) is 0 Å². The smallest absolute Gasteiger partial charge is 0.0558 e. The Labute approximate surface area is 106 Å². The number of hydrogen-bond donors (Lipinski definition) is 1. The van der Waals surface area contributed by atoms with E-state index in [9.17, 15) is 0 Å². The molecule has 0 aliphatic rings. The van der Waals surface area contributed by atoms with Crippen LogP contribution in [0.15, 0.2) is 36.0 Å². The van der Waals surface area contributed by atoms with Crippen LogP contribution in [0.4, 0.5) is 0 Å². The van der Waals surface area contributed by atoms with Crippen LogP contribution in [0.5, 0.6) is 0 Å². The Morgan fingerprint density at radius 2 is 1.88 bits per heavy atom. The molecular formula is C15H27NO. The molecule has 0 atom stereocenters. The first-order valence-electron chi connectivity index (χ1n) is 6.33. The van der Waals surface area contributed by atoms with E-state index in [-0.39, 0.29) is 6.61 Å². The normalized spacial score (nSPS) is 11.7. The molecule has 0 heterocycles. The highest BCUT2D eigenvalue weighted by molar-refractivity contribution is 5.03. The van der Waals surface area contributed by atoms with Crippen LogP contribution in [-0.4, -0.2) is 36.2 Å². The molecule has 17 heavy (non-hydrogen) atoms. The maximum atomic E-state index is 8.93. The summed E-state index contributed by atoms with van der Waals surface area (Å²) >= 11 is 0. The number of rotatable bonds is 9. The summed E-state index contributed by atoms with van der Waals surface area (Å²) in [5.41, 5.74) is 2.79. The number of hydrogen-bond acceptors (Lipinski definition) is 2. The molecule has 0 aliphatic heterocycles. The van der Waals surface area contributed by atoms with Gasteiger partial charge in [-0.1, -0.05) is 29.4 Å². The SMILES string of the molecule is C=CCN(C/C=C(\C)CCC=C(C)C)CCO. The van der Waals surface area contributed by atoms with Crippen molar-refractivity contribution < 1.29 is 5.11 Å². The van der Waals surface area contributed by atoms with Crippen molar-refractivity contribution in [1.29, 1.82) is 0 Å². The molecule has 0 aromatic carbocycles. The van der Waals surface area contributed by atoms with E-state index in [0.717, 1.165) is 25.9 Å². The van der Waals surface area contributed by atoms with Crippen molar-refractivity contribution in [1.82, 2.24) is 4.90 Å². The van der Waals surface area contributed by atoms with Crippen molar-refractivity contribution in [3.8, 4) is 0 Å². The number of allylic oxidation sites excluding steroid dienone is 3. The highest BCUT2D eigenvalue weighted by Gasteiger charge is 1.99. The molecule has 0 fully saturated rings. The molecule has 0 aromatic heterocycles. The van der Waals surface area contributed by atoms with Gasteiger partial charge in [-0.25, -0.2) is 0 Å². The van der Waals surface area contributed by atoms with Crippen molar-refractivity contribution in [3.63, 3.8) is 0 Å². The van der Waals surface area contributed by atoms with Crippen LogP contribution in [0.25, 0.3) is 0 Å². The molecule has 0 bridgehead atoms. The van der Waals surface area contributed by atoms with Gasteiger partial charge in [0.1, 0.15) is 0 Å². The van der Waals surface area contributed by atoms with Crippen LogP contribution in [-0.2, 0) is 0 Å². The maximum absolute atomic E-state index is 8.93. The van der Waals surface area contributed by atoms with E-state index in [1.807, 2.05) is 6.08 Å². The third-order valence-corrected chi connectivity index (χ3v) is 2.59. The van der Waals surface area contributed by atoms with E-state index in [0.29, 0.717) is 6.54 Å². The number of nitrogens with zero attached hydrogens (tertiary/aromatic N) is 1. The summed E-state index contributed by atoms with van der Waals surface area (Å²) in [5.74, 6) is 0. The van der Waals surface area contributed by atoms with Gasteiger partial charge in [0.25, 0.3) is 0 Å². The summed E-state index contributed by atoms with van der Waals surface area (Å²) in [5, 5.41) is 8.93. The highest BCUT2D eigenvalue weighted by atomic mass is 16.3. The molecule has 98 valence electrons. The van der Waals surface area contributed by atoms with Crippen LogP contribution in [0, 0.1) is 0 Å². The summed E-state index contributed by atoms with van der Waals surface area (Å²) in [6.07, 6.45) is 8.63. The van der Waals surface area contributed by atoms with Gasteiger partial charge in [0, 0.05) is 19.6 Å². The van der Waals surface area contributed by atoms with Gasteiger partial charge in [-0.3, -0.25) is 4.90 Å². The predicted octanol–water partition coefficient (Wildman–Crippen LogP) is 3.16. The first-order valence-corrected chi connectivity index (χ1v) is 6.33. The predicted molar refractivity (Wildman–Crippen MR) is 76.1 cm³/mol. The lowest BCUT2D eigenvalue weighted by Crippen LogP contribution is -2.27. The van der Waals surface area contributed by atoms with Gasteiger partial charge in [-0.2, -0.15) is 0 Å². The van der Waals surface area contributed by atoms with Crippen LogP contribution < -0.4 is 0 Å². The van der Waals surface area contributed by atoms with Crippen molar-refractivity contribution in [2.24, 2.45) is 0 Å². The number of aliphatic hydroxyl groups excluding tert-OH is 1. The molecule has 0 rings (SSSR count). The van der Waals surface area contributed by atoms with Crippen LogP contribution >= 0.6 is 0 Å². The Hall–Kier alpha value is -0.860. The zero-order valence-electron chi connectivity index (χ0n) is 11.6. The minimum Gasteiger partial charge on any atom is -0.395 e. The summed E-state index contributed by atoms with van der Waals surface area (Å²) in [4.78, 5) is 2.18. The van der Waals surface area contributed by atoms with E-state index in [4.69, 9.17) is 5.11 Å². The van der Waals surface area contributed by atoms with Crippen LogP contribution in [0.2, 0.25) is 0 Å². The Balaban J connectivity index is 4.00. The van der Waals surface area contributed by atoms with Crippen molar-refractivity contribution in [2.75, 3.05) is 26.2 Å². The molecule has 2 heteroatoms. The van der Waals surface area contributed by atoms with E-state index in [2.05, 4.69) is 44.4 Å². The van der Waals surface area contributed by atoms with Crippen LogP contribution in [0.1, 0.15) is 33.6 Å². The summed E-state index contributed by atoms with van der Waals surface area (Å²) < 4.78 is 0. The highest BCUT2D eigenvalue weighted by Crippen LogP contribution is 2.06. The van der Waals surface area contributed by atoms with Gasteiger partial charge < -0.3 is 5.11 Å². The summed E-state index contributed by atoms with van der Waals surface area (Å²) in [6, 6.07) is 0. The molecule has 0 unspecified atom stereocenters. The van der Waals surface area contributed by atoms with E-state index < -0.39 is 0 Å². The topological polar surface area (TPSA) is 23.5 Å². The zero-order chi connectivity index (χ0) is 13.1. The lowest BCUT2D eigenvalue weighted by molar-refractivity contribution is 0.220. The summed E-state index contributed by atoms with van der Waals surface area (Å²) in [6.45, 7) is 12.8. The van der Waals surface area contributed by atoms with E-state index in [1.165, 1.54) is 11.1 Å². The first-order chi connectivity index (χ1) is 8.10. The largest absolute Gasteiger partial charge is 0.395 e. The molecule has 0 aromatic rings. The molecule has 0 spiro atoms. The average molecular weight is 237 g/mol. The van der Waals surface area contributed by atoms with Crippen LogP contribution in [0.3, 0.4) is 0 Å². The quantitative estimate of drug-likeness (QED) is 0.623. The van der Waals surface area contributed by atoms with Gasteiger partial charge >= 0.3 is 0 Å². The number of aliphatic hydroxyl groups is 1. The standard InChI is InChI=1S/C15H27NO/c1-5-10-16(12-13-17)11-9-15(4)8-6-7-14(2)3/h5,7,9,17H,1,6,8,10-13H2,2-4H3/b15-9+. The second kappa shape index (κ2) is 10.3. The fourth-order valence-corrected chi connectivity index (χ4v) is 1.56. The van der Waals surface area contributed by atoms with Gasteiger partial charge in [-0.15, -0.1) is 6.58 Å². The Bertz CT molecular complexity index is 262. The zero-order valence-corrected chi connectivity index (χ0v) is 11.6. The third-order valence-electron chi connectivity index (χ3n) is 2.59. The molecule has 0 amide bonds. The Morgan fingerprint density at radius 3 is 2.41 bits per heavy atom. The Morgan fingerprint density at radius 1 is 1.18 bits per heavy atom. The maximum Gasteiger partial charge on any atom is 0.0558 e. The van der Waals surface area contributed by atoms with E-state index in [1.54, 1.807) is 0 Å². The molecular weight excluding hydrogens is 210 g/mol. The van der Waals surface area contributed by atoms with Gasteiger partial charge in [-0.05, 0) is 33.6 Å². The van der Waals surface area contributed by atoms with Crippen molar-refractivity contribution in [2.45, 2.75) is 33.6 Å². The molecule has 0 aliphatic carbocycles. The minimum absolute atomic E-state index is 0.207. The molecule has 0 saturated carbocycles. The first kappa shape index (κ1) is 16.1. The second-order valence-corrected chi connectivity index (χ2v) is 4.64.